The summed E-state index contributed by atoms with van der Waals surface area (Å²) in [6.45, 7) is 1.85. The van der Waals surface area contributed by atoms with Crippen LogP contribution in [0.2, 0.25) is 5.02 Å². The van der Waals surface area contributed by atoms with Crippen LogP contribution in [-0.4, -0.2) is 9.55 Å². The molecule has 6 heteroatoms. The van der Waals surface area contributed by atoms with Crippen molar-refractivity contribution in [1.29, 1.82) is 0 Å². The third-order valence-corrected chi connectivity index (χ3v) is 4.20. The topological polar surface area (TPSA) is 17.8 Å². The number of alkyl halides is 3. The molecule has 3 rings (SSSR count). The van der Waals surface area contributed by atoms with Crippen LogP contribution in [0.15, 0.2) is 55.0 Å². The van der Waals surface area contributed by atoms with Gasteiger partial charge in [-0.1, -0.05) is 29.8 Å². The average molecular weight is 351 g/mol. The summed E-state index contributed by atoms with van der Waals surface area (Å²) in [6.07, 6.45) is -0.834. The monoisotopic (exact) mass is 350 g/mol. The number of halogens is 4. The Morgan fingerprint density at radius 1 is 1.08 bits per heavy atom. The first-order valence-electron chi connectivity index (χ1n) is 7.29. The zero-order valence-corrected chi connectivity index (χ0v) is 13.6. The highest BCUT2D eigenvalue weighted by Gasteiger charge is 2.31. The fraction of sp³-hybridized carbons (Fsp3) is 0.167. The predicted molar refractivity (Wildman–Crippen MR) is 87.6 cm³/mol. The first-order valence-corrected chi connectivity index (χ1v) is 7.67. The van der Waals surface area contributed by atoms with E-state index in [2.05, 4.69) is 4.98 Å². The lowest BCUT2D eigenvalue weighted by Crippen LogP contribution is -2.08. The molecule has 2 nitrogen and oxygen atoms in total. The molecular weight excluding hydrogens is 337 g/mol. The largest absolute Gasteiger partial charge is 0.416 e. The molecule has 2 aromatic carbocycles. The lowest BCUT2D eigenvalue weighted by atomic mass is 10.00. The molecular formula is C18H14ClF3N2. The Morgan fingerprint density at radius 3 is 2.46 bits per heavy atom. The van der Waals surface area contributed by atoms with Gasteiger partial charge in [0.1, 0.15) is 0 Å². The highest BCUT2D eigenvalue weighted by Crippen LogP contribution is 2.33. The zero-order chi connectivity index (χ0) is 17.3. The van der Waals surface area contributed by atoms with Gasteiger partial charge < -0.3 is 4.57 Å². The molecule has 0 aliphatic rings. The standard InChI is InChI=1S/C18H14ClF3N2/c1-12-10-23-11-24(12)17-7-6-15(18(20,21)22)9-14(17)8-13-4-2-3-5-16(13)19/h2-7,9-11H,8H2,1H3. The first-order chi connectivity index (χ1) is 11.4. The molecule has 0 fully saturated rings. The summed E-state index contributed by atoms with van der Waals surface area (Å²) in [6, 6.07) is 10.9. The van der Waals surface area contributed by atoms with Gasteiger partial charge in [-0.15, -0.1) is 0 Å². The molecule has 0 aliphatic carbocycles. The van der Waals surface area contributed by atoms with Crippen LogP contribution in [0.5, 0.6) is 0 Å². The van der Waals surface area contributed by atoms with Gasteiger partial charge in [-0.05, 0) is 42.3 Å². The summed E-state index contributed by atoms with van der Waals surface area (Å²) >= 11 is 6.17. The second-order valence-corrected chi connectivity index (χ2v) is 5.92. The van der Waals surface area contributed by atoms with Crippen molar-refractivity contribution in [1.82, 2.24) is 9.55 Å². The van der Waals surface area contributed by atoms with Crippen molar-refractivity contribution in [3.63, 3.8) is 0 Å². The maximum Gasteiger partial charge on any atom is 0.416 e. The van der Waals surface area contributed by atoms with Crippen molar-refractivity contribution in [2.45, 2.75) is 19.5 Å². The van der Waals surface area contributed by atoms with E-state index in [0.29, 0.717) is 22.7 Å². The van der Waals surface area contributed by atoms with Gasteiger partial charge >= 0.3 is 6.18 Å². The van der Waals surface area contributed by atoms with E-state index in [-0.39, 0.29) is 0 Å². The normalized spacial score (nSPS) is 11.7. The summed E-state index contributed by atoms with van der Waals surface area (Å²) in [5.41, 5.74) is 2.15. The van der Waals surface area contributed by atoms with Gasteiger partial charge in [-0.2, -0.15) is 13.2 Å². The average Bonchev–Trinajstić information content (AvgIpc) is 2.94. The summed E-state index contributed by atoms with van der Waals surface area (Å²) in [5.74, 6) is 0. The Bertz CT molecular complexity index is 869. The molecule has 0 aliphatic heterocycles. The highest BCUT2D eigenvalue weighted by molar-refractivity contribution is 6.31. The van der Waals surface area contributed by atoms with Crippen LogP contribution in [0.25, 0.3) is 5.69 Å². The second kappa shape index (κ2) is 6.32. The molecule has 0 amide bonds. The highest BCUT2D eigenvalue weighted by atomic mass is 35.5. The molecule has 0 saturated carbocycles. The molecule has 0 spiro atoms. The predicted octanol–water partition coefficient (Wildman–Crippen LogP) is 5.44. The number of aryl methyl sites for hydroxylation is 1. The third-order valence-electron chi connectivity index (χ3n) is 3.83. The molecule has 0 atom stereocenters. The van der Waals surface area contributed by atoms with Gasteiger partial charge in [0.05, 0.1) is 17.6 Å². The molecule has 1 aromatic heterocycles. The summed E-state index contributed by atoms with van der Waals surface area (Å²) in [7, 11) is 0. The Kier molecular flexibility index (Phi) is 4.37. The van der Waals surface area contributed by atoms with Crippen LogP contribution >= 0.6 is 11.6 Å². The number of rotatable bonds is 3. The lowest BCUT2D eigenvalue weighted by Gasteiger charge is -2.16. The second-order valence-electron chi connectivity index (χ2n) is 5.51. The smallest absolute Gasteiger partial charge is 0.303 e. The van der Waals surface area contributed by atoms with Crippen molar-refractivity contribution >= 4 is 11.6 Å². The van der Waals surface area contributed by atoms with Crippen LogP contribution in [0.1, 0.15) is 22.4 Å². The minimum atomic E-state index is -4.39. The van der Waals surface area contributed by atoms with Crippen molar-refractivity contribution in [3.05, 3.63) is 82.4 Å². The Labute approximate surface area is 142 Å². The summed E-state index contributed by atoms with van der Waals surface area (Å²) in [4.78, 5) is 4.05. The van der Waals surface area contributed by atoms with Gasteiger partial charge in [0.2, 0.25) is 0 Å². The summed E-state index contributed by atoms with van der Waals surface area (Å²) in [5, 5.41) is 0.531. The van der Waals surface area contributed by atoms with Gasteiger partial charge in [-0.25, -0.2) is 4.98 Å². The zero-order valence-electron chi connectivity index (χ0n) is 12.8. The number of hydrogen-bond acceptors (Lipinski definition) is 1. The van der Waals surface area contributed by atoms with E-state index in [1.54, 1.807) is 29.2 Å². The maximum atomic E-state index is 13.1. The van der Waals surface area contributed by atoms with Crippen LogP contribution in [0.4, 0.5) is 13.2 Å². The third kappa shape index (κ3) is 3.31. The Hall–Kier alpha value is -2.27. The van der Waals surface area contributed by atoms with Gasteiger partial charge in [0, 0.05) is 23.3 Å². The van der Waals surface area contributed by atoms with Crippen molar-refractivity contribution in [2.24, 2.45) is 0 Å². The van der Waals surface area contributed by atoms with E-state index in [1.807, 2.05) is 19.1 Å². The van der Waals surface area contributed by atoms with Crippen LogP contribution in [-0.2, 0) is 12.6 Å². The fourth-order valence-corrected chi connectivity index (χ4v) is 2.80. The number of benzene rings is 2. The van der Waals surface area contributed by atoms with Crippen molar-refractivity contribution in [3.8, 4) is 5.69 Å². The molecule has 124 valence electrons. The first kappa shape index (κ1) is 16.6. The van der Waals surface area contributed by atoms with Gasteiger partial charge in [0.25, 0.3) is 0 Å². The van der Waals surface area contributed by atoms with Gasteiger partial charge in [-0.3, -0.25) is 0 Å². The van der Waals surface area contributed by atoms with Crippen LogP contribution < -0.4 is 0 Å². The van der Waals surface area contributed by atoms with E-state index in [4.69, 9.17) is 11.6 Å². The minimum absolute atomic E-state index is 0.302. The Morgan fingerprint density at radius 2 is 1.83 bits per heavy atom. The van der Waals surface area contributed by atoms with E-state index in [0.717, 1.165) is 17.3 Å². The number of imidazole rings is 1. The number of nitrogens with zero attached hydrogens (tertiary/aromatic N) is 2. The molecule has 0 bridgehead atoms. The van der Waals surface area contributed by atoms with E-state index >= 15 is 0 Å². The lowest BCUT2D eigenvalue weighted by molar-refractivity contribution is -0.137. The molecule has 0 unspecified atom stereocenters. The van der Waals surface area contributed by atoms with E-state index in [9.17, 15) is 13.2 Å². The van der Waals surface area contributed by atoms with E-state index in [1.165, 1.54) is 12.1 Å². The Balaban J connectivity index is 2.13. The maximum absolute atomic E-state index is 13.1. The van der Waals surface area contributed by atoms with E-state index < -0.39 is 11.7 Å². The van der Waals surface area contributed by atoms with Crippen LogP contribution in [0, 0.1) is 6.92 Å². The quantitative estimate of drug-likeness (QED) is 0.614. The molecule has 0 saturated heterocycles. The van der Waals surface area contributed by atoms with Crippen molar-refractivity contribution in [2.75, 3.05) is 0 Å². The molecule has 24 heavy (non-hydrogen) atoms. The van der Waals surface area contributed by atoms with Gasteiger partial charge in [0.15, 0.2) is 0 Å². The number of hydrogen-bond donors (Lipinski definition) is 0. The molecule has 0 N–H and O–H groups in total. The van der Waals surface area contributed by atoms with Crippen LogP contribution in [0.3, 0.4) is 0 Å². The molecule has 1 heterocycles. The SMILES string of the molecule is Cc1cncn1-c1ccc(C(F)(F)F)cc1Cc1ccccc1Cl. The minimum Gasteiger partial charge on any atom is -0.303 e. The molecule has 0 radical (unpaired) electrons. The number of aromatic nitrogens is 2. The van der Waals surface area contributed by atoms with Crippen molar-refractivity contribution < 1.29 is 13.2 Å². The summed E-state index contributed by atoms with van der Waals surface area (Å²) < 4.78 is 41.1. The molecule has 3 aromatic rings. The fourth-order valence-electron chi connectivity index (χ4n) is 2.60.